The Morgan fingerprint density at radius 1 is 0.931 bits per heavy atom. The Labute approximate surface area is 177 Å². The van der Waals surface area contributed by atoms with Crippen molar-refractivity contribution in [3.63, 3.8) is 0 Å². The highest BCUT2D eigenvalue weighted by molar-refractivity contribution is 7.17. The lowest BCUT2D eigenvalue weighted by atomic mass is 9.95. The van der Waals surface area contributed by atoms with E-state index in [1.54, 1.807) is 16.2 Å². The quantitative estimate of drug-likeness (QED) is 0.646. The number of aromatic nitrogens is 2. The van der Waals surface area contributed by atoms with Gasteiger partial charge in [0.05, 0.1) is 18.5 Å². The van der Waals surface area contributed by atoms with E-state index in [1.165, 1.54) is 81.0 Å². The minimum Gasteiger partial charge on any atom is -0.367 e. The van der Waals surface area contributed by atoms with Crippen molar-refractivity contribution in [2.45, 2.75) is 64.0 Å². The van der Waals surface area contributed by atoms with Crippen molar-refractivity contribution >= 4 is 27.4 Å². The molecule has 4 nitrogen and oxygen atoms in total. The predicted octanol–water partition coefficient (Wildman–Crippen LogP) is 4.67. The van der Waals surface area contributed by atoms with Gasteiger partial charge in [-0.25, -0.2) is 9.97 Å². The van der Waals surface area contributed by atoms with Gasteiger partial charge in [0.25, 0.3) is 0 Å². The van der Waals surface area contributed by atoms with Crippen molar-refractivity contribution in [1.82, 2.24) is 9.97 Å². The van der Waals surface area contributed by atoms with Gasteiger partial charge in [-0.05, 0) is 37.7 Å². The van der Waals surface area contributed by atoms with Crippen LogP contribution in [0.15, 0.2) is 35.7 Å². The summed E-state index contributed by atoms with van der Waals surface area (Å²) in [6.45, 7) is 3.47. The van der Waals surface area contributed by atoms with Crippen LogP contribution in [0.25, 0.3) is 21.3 Å². The lowest BCUT2D eigenvalue weighted by molar-refractivity contribution is -0.919. The maximum Gasteiger partial charge on any atom is 0.187 e. The number of thiophene rings is 1. The molecule has 3 aromatic rings. The first-order valence-electron chi connectivity index (χ1n) is 11.3. The number of hydrogen-bond donors (Lipinski definition) is 2. The fourth-order valence-electron chi connectivity index (χ4n) is 4.89. The van der Waals surface area contributed by atoms with Gasteiger partial charge in [0, 0.05) is 17.0 Å². The monoisotopic (exact) mass is 407 g/mol. The molecule has 1 aliphatic carbocycles. The van der Waals surface area contributed by atoms with Crippen LogP contribution in [0.4, 0.5) is 5.82 Å². The molecule has 2 N–H and O–H groups in total. The molecule has 1 saturated heterocycles. The number of benzene rings is 1. The average molecular weight is 408 g/mol. The molecule has 0 atom stereocenters. The number of quaternary nitrogens is 1. The van der Waals surface area contributed by atoms with Gasteiger partial charge < -0.3 is 10.2 Å². The number of likely N-dealkylation sites (tertiary alicyclic amines) is 1. The second-order valence-electron chi connectivity index (χ2n) is 8.65. The third kappa shape index (κ3) is 4.31. The Hall–Kier alpha value is -1.98. The van der Waals surface area contributed by atoms with Crippen molar-refractivity contribution in [1.29, 1.82) is 0 Å². The molecule has 1 aromatic carbocycles. The third-order valence-corrected chi connectivity index (χ3v) is 7.35. The number of rotatable bonds is 5. The summed E-state index contributed by atoms with van der Waals surface area (Å²) in [5.74, 6) is 2.07. The normalized spacial score (nSPS) is 18.9. The summed E-state index contributed by atoms with van der Waals surface area (Å²) in [7, 11) is 0. The molecule has 2 aromatic heterocycles. The summed E-state index contributed by atoms with van der Waals surface area (Å²) in [6.07, 6.45) is 10.6. The molecule has 0 unspecified atom stereocenters. The highest BCUT2D eigenvalue weighted by atomic mass is 32.1. The minimum absolute atomic E-state index is 0.542. The zero-order valence-corrected chi connectivity index (χ0v) is 17.9. The van der Waals surface area contributed by atoms with Crippen molar-refractivity contribution in [2.24, 2.45) is 0 Å². The number of hydrogen-bond acceptors (Lipinski definition) is 4. The molecule has 0 amide bonds. The van der Waals surface area contributed by atoms with E-state index in [2.05, 4.69) is 41.0 Å². The Balaban J connectivity index is 1.53. The highest BCUT2D eigenvalue weighted by Gasteiger charge is 2.22. The van der Waals surface area contributed by atoms with E-state index in [1.807, 2.05) is 0 Å². The molecule has 5 heteroatoms. The van der Waals surface area contributed by atoms with Crippen LogP contribution >= 0.6 is 11.3 Å². The lowest BCUT2D eigenvalue weighted by Crippen LogP contribution is -3.11. The smallest absolute Gasteiger partial charge is 0.187 e. The van der Waals surface area contributed by atoms with Crippen LogP contribution in [0, 0.1) is 0 Å². The number of fused-ring (bicyclic) bond motifs is 1. The molecule has 2 fully saturated rings. The van der Waals surface area contributed by atoms with E-state index in [0.717, 1.165) is 23.0 Å². The van der Waals surface area contributed by atoms with E-state index >= 15 is 0 Å². The first kappa shape index (κ1) is 19.0. The summed E-state index contributed by atoms with van der Waals surface area (Å²) < 4.78 is 0. The van der Waals surface area contributed by atoms with Crippen molar-refractivity contribution in [2.75, 3.05) is 18.4 Å². The summed E-state index contributed by atoms with van der Waals surface area (Å²) in [5, 5.41) is 7.32. The second-order valence-corrected chi connectivity index (χ2v) is 9.51. The van der Waals surface area contributed by atoms with Gasteiger partial charge in [-0.15, -0.1) is 11.3 Å². The molecule has 0 bridgehead atoms. The maximum atomic E-state index is 5.11. The van der Waals surface area contributed by atoms with Gasteiger partial charge in [0.2, 0.25) is 0 Å². The zero-order valence-electron chi connectivity index (χ0n) is 17.1. The van der Waals surface area contributed by atoms with E-state index in [9.17, 15) is 0 Å². The minimum atomic E-state index is 0.542. The molecule has 152 valence electrons. The maximum absolute atomic E-state index is 5.11. The van der Waals surface area contributed by atoms with Crippen LogP contribution in [0.3, 0.4) is 0 Å². The molecule has 29 heavy (non-hydrogen) atoms. The van der Waals surface area contributed by atoms with Crippen molar-refractivity contribution in [3.8, 4) is 11.1 Å². The zero-order chi connectivity index (χ0) is 19.5. The van der Waals surface area contributed by atoms with Crippen LogP contribution in [0.1, 0.15) is 57.2 Å². The molecule has 5 rings (SSSR count). The summed E-state index contributed by atoms with van der Waals surface area (Å²) in [5.41, 5.74) is 2.52. The molecular formula is C24H31N4S+. The number of anilines is 1. The first-order chi connectivity index (χ1) is 14.4. The summed E-state index contributed by atoms with van der Waals surface area (Å²) >= 11 is 1.76. The Morgan fingerprint density at radius 2 is 1.69 bits per heavy atom. The van der Waals surface area contributed by atoms with Gasteiger partial charge in [-0.1, -0.05) is 49.6 Å². The number of nitrogens with zero attached hydrogens (tertiary/aromatic N) is 2. The number of piperidine rings is 1. The summed E-state index contributed by atoms with van der Waals surface area (Å²) in [4.78, 5) is 12.9. The fraction of sp³-hybridized carbons (Fsp3) is 0.500. The van der Waals surface area contributed by atoms with E-state index in [0.29, 0.717) is 6.04 Å². The van der Waals surface area contributed by atoms with Gasteiger partial charge >= 0.3 is 0 Å². The van der Waals surface area contributed by atoms with E-state index in [4.69, 9.17) is 9.97 Å². The van der Waals surface area contributed by atoms with Crippen LogP contribution < -0.4 is 10.2 Å². The van der Waals surface area contributed by atoms with Crippen LogP contribution in [-0.4, -0.2) is 29.1 Å². The average Bonchev–Trinajstić information content (AvgIpc) is 3.20. The molecular weight excluding hydrogens is 376 g/mol. The molecule has 2 aliphatic rings. The largest absolute Gasteiger partial charge is 0.367 e. The molecule has 3 heterocycles. The van der Waals surface area contributed by atoms with Crippen LogP contribution in [-0.2, 0) is 6.54 Å². The first-order valence-corrected chi connectivity index (χ1v) is 12.2. The molecule has 0 spiro atoms. The molecule has 1 aliphatic heterocycles. The summed E-state index contributed by atoms with van der Waals surface area (Å²) in [6, 6.07) is 11.2. The predicted molar refractivity (Wildman–Crippen MR) is 122 cm³/mol. The third-order valence-electron chi connectivity index (χ3n) is 6.48. The molecule has 1 saturated carbocycles. The Morgan fingerprint density at radius 3 is 2.48 bits per heavy atom. The second kappa shape index (κ2) is 8.80. The van der Waals surface area contributed by atoms with Gasteiger partial charge in [0.15, 0.2) is 5.82 Å². The van der Waals surface area contributed by atoms with Crippen molar-refractivity contribution < 1.29 is 4.90 Å². The van der Waals surface area contributed by atoms with Crippen LogP contribution in [0.5, 0.6) is 0 Å². The van der Waals surface area contributed by atoms with Crippen molar-refractivity contribution in [3.05, 3.63) is 41.5 Å². The van der Waals surface area contributed by atoms with Gasteiger partial charge in [-0.3, -0.25) is 0 Å². The van der Waals surface area contributed by atoms with Crippen LogP contribution in [0.2, 0.25) is 0 Å². The highest BCUT2D eigenvalue weighted by Crippen LogP contribution is 2.37. The lowest BCUT2D eigenvalue weighted by Gasteiger charge is -2.25. The Bertz CT molecular complexity index is 940. The fourth-order valence-corrected chi connectivity index (χ4v) is 5.86. The SMILES string of the molecule is c1ccc(-c2csc3nc(C[NH+]4CCCCC4)nc(NC4CCCCC4)c23)cc1. The topological polar surface area (TPSA) is 42.2 Å². The number of nitrogens with one attached hydrogen (secondary N) is 2. The standard InChI is InChI=1S/C24H30N4S/c1-4-10-18(11-5-1)20-17-29-24-22(20)23(25-19-12-6-2-7-13-19)26-21(27-24)16-28-14-8-3-9-15-28/h1,4-5,10-11,17,19H,2-3,6-9,12-16H2,(H,25,26,27)/p+1. The van der Waals surface area contributed by atoms with Gasteiger partial charge in [-0.2, -0.15) is 0 Å². The van der Waals surface area contributed by atoms with E-state index in [-0.39, 0.29) is 0 Å². The Kier molecular flexibility index (Phi) is 5.77. The van der Waals surface area contributed by atoms with E-state index < -0.39 is 0 Å². The molecule has 0 radical (unpaired) electrons. The van der Waals surface area contributed by atoms with Gasteiger partial charge in [0.1, 0.15) is 17.2 Å².